The molecule has 0 amide bonds. The van der Waals surface area contributed by atoms with Crippen LogP contribution in [0.3, 0.4) is 0 Å². The molecule has 1 aromatic rings. The lowest BCUT2D eigenvalue weighted by molar-refractivity contribution is 0.524. The molecule has 5 nitrogen and oxygen atoms in total. The van der Waals surface area contributed by atoms with Crippen LogP contribution in [0.25, 0.3) is 0 Å². The number of hydrogen-bond donors (Lipinski definition) is 1. The average molecular weight is 262 g/mol. The van der Waals surface area contributed by atoms with Gasteiger partial charge in [-0.3, -0.25) is 4.79 Å². The van der Waals surface area contributed by atoms with E-state index < -0.39 is 16.0 Å². The molecule has 1 aromatic heterocycles. The first kappa shape index (κ1) is 13.9. The van der Waals surface area contributed by atoms with Gasteiger partial charge in [0.2, 0.25) is 16.0 Å². The zero-order chi connectivity index (χ0) is 13.1. The summed E-state index contributed by atoms with van der Waals surface area (Å²) in [4.78, 5) is 11.7. The minimum atomic E-state index is -3.85. The van der Waals surface area contributed by atoms with Crippen molar-refractivity contribution in [3.8, 4) is 0 Å². The molecular formula is C10H15FN2O3S. The Balaban J connectivity index is 2.74. The van der Waals surface area contributed by atoms with Crippen LogP contribution in [-0.4, -0.2) is 25.5 Å². The third-order valence-electron chi connectivity index (χ3n) is 2.25. The Labute approximate surface area is 99.3 Å². The number of aryl methyl sites for hydroxylation is 2. The summed E-state index contributed by atoms with van der Waals surface area (Å²) in [6, 6.07) is 0.255. The van der Waals surface area contributed by atoms with E-state index in [1.807, 2.05) is 6.92 Å². The fourth-order valence-electron chi connectivity index (χ4n) is 1.52. The van der Waals surface area contributed by atoms with Gasteiger partial charge in [-0.2, -0.15) is 0 Å². The van der Waals surface area contributed by atoms with E-state index in [1.165, 1.54) is 4.57 Å². The molecular weight excluding hydrogens is 247 g/mol. The minimum Gasteiger partial charge on any atom is -0.318 e. The van der Waals surface area contributed by atoms with Gasteiger partial charge in [-0.1, -0.05) is 0 Å². The number of sulfonamides is 1. The number of nitrogens with zero attached hydrogens (tertiary/aromatic N) is 1. The Bertz CT molecular complexity index is 551. The molecule has 0 unspecified atom stereocenters. The van der Waals surface area contributed by atoms with Crippen LogP contribution in [0.1, 0.15) is 11.1 Å². The molecule has 0 atom stereocenters. The molecule has 0 bridgehead atoms. The molecule has 0 radical (unpaired) electrons. The smallest absolute Gasteiger partial charge is 0.253 e. The van der Waals surface area contributed by atoms with Gasteiger partial charge in [0.15, 0.2) is 0 Å². The van der Waals surface area contributed by atoms with Crippen LogP contribution in [-0.2, 0) is 23.5 Å². The summed E-state index contributed by atoms with van der Waals surface area (Å²) in [5.41, 5.74) is 1.25. The molecule has 0 spiro atoms. The average Bonchev–Trinajstić information content (AvgIpc) is 2.24. The molecule has 0 aromatic carbocycles. The highest BCUT2D eigenvalue weighted by Gasteiger charge is 2.09. The highest BCUT2D eigenvalue weighted by Crippen LogP contribution is 1.99. The Morgan fingerprint density at radius 3 is 2.71 bits per heavy atom. The summed E-state index contributed by atoms with van der Waals surface area (Å²) in [6.45, 7) is 1.86. The van der Waals surface area contributed by atoms with E-state index in [9.17, 15) is 17.6 Å². The zero-order valence-electron chi connectivity index (χ0n) is 9.73. The molecule has 1 heterocycles. The van der Waals surface area contributed by atoms with Crippen LogP contribution < -0.4 is 10.3 Å². The number of pyridine rings is 1. The maximum absolute atomic E-state index is 12.0. The van der Waals surface area contributed by atoms with Crippen LogP contribution in [0.2, 0.25) is 0 Å². The molecule has 0 saturated carbocycles. The quantitative estimate of drug-likeness (QED) is 0.817. The van der Waals surface area contributed by atoms with Gasteiger partial charge in [0.1, 0.15) is 0 Å². The number of hydrogen-bond acceptors (Lipinski definition) is 3. The van der Waals surface area contributed by atoms with Crippen molar-refractivity contribution in [3.63, 3.8) is 0 Å². The normalized spacial score (nSPS) is 11.7. The van der Waals surface area contributed by atoms with Gasteiger partial charge in [0.05, 0.1) is 0 Å². The molecule has 17 heavy (non-hydrogen) atoms. The van der Waals surface area contributed by atoms with Crippen molar-refractivity contribution in [3.05, 3.63) is 33.7 Å². The number of nitrogens with one attached hydrogen (secondary N) is 1. The largest absolute Gasteiger partial charge is 0.318 e. The second kappa shape index (κ2) is 5.42. The third-order valence-corrected chi connectivity index (χ3v) is 3.19. The van der Waals surface area contributed by atoms with E-state index in [0.717, 1.165) is 5.56 Å². The van der Waals surface area contributed by atoms with E-state index in [2.05, 4.69) is 4.72 Å². The molecule has 0 aliphatic rings. The van der Waals surface area contributed by atoms with E-state index in [4.69, 9.17) is 0 Å². The van der Waals surface area contributed by atoms with Gasteiger partial charge < -0.3 is 4.57 Å². The minimum absolute atomic E-state index is 0.0188. The van der Waals surface area contributed by atoms with Crippen LogP contribution in [0.5, 0.6) is 0 Å². The summed E-state index contributed by atoms with van der Waals surface area (Å²) in [5.74, 6) is 0. The molecule has 0 aliphatic heterocycles. The molecule has 1 rings (SSSR count). The number of aromatic nitrogens is 1. The monoisotopic (exact) mass is 262 g/mol. The zero-order valence-corrected chi connectivity index (χ0v) is 10.6. The van der Waals surface area contributed by atoms with Crippen LogP contribution >= 0.6 is 0 Å². The molecule has 96 valence electrons. The van der Waals surface area contributed by atoms with Crippen molar-refractivity contribution < 1.29 is 12.8 Å². The van der Waals surface area contributed by atoms with Crippen LogP contribution in [0.4, 0.5) is 4.39 Å². The maximum Gasteiger partial charge on any atom is 0.253 e. The van der Waals surface area contributed by atoms with Crippen molar-refractivity contribution in [1.29, 1.82) is 0 Å². The Morgan fingerprint density at radius 2 is 2.12 bits per heavy atom. The summed E-state index contributed by atoms with van der Waals surface area (Å²) in [7, 11) is -2.22. The first-order valence-electron chi connectivity index (χ1n) is 5.05. The van der Waals surface area contributed by atoms with Gasteiger partial charge in [-0.25, -0.2) is 17.5 Å². The first-order chi connectivity index (χ1) is 7.85. The SMILES string of the molecule is Cc1cc(CCNS(=O)(=O)CF)c(=O)n(C)c1. The molecule has 0 aliphatic carbocycles. The number of alkyl halides is 1. The summed E-state index contributed by atoms with van der Waals surface area (Å²) >= 11 is 0. The highest BCUT2D eigenvalue weighted by atomic mass is 32.2. The number of halogens is 1. The van der Waals surface area contributed by atoms with Crippen molar-refractivity contribution in [2.24, 2.45) is 7.05 Å². The van der Waals surface area contributed by atoms with Crippen molar-refractivity contribution >= 4 is 10.0 Å². The Morgan fingerprint density at radius 1 is 1.47 bits per heavy atom. The topological polar surface area (TPSA) is 68.2 Å². The number of rotatable bonds is 5. The fourth-order valence-corrected chi connectivity index (χ4v) is 2.01. The second-order valence-electron chi connectivity index (χ2n) is 3.83. The van der Waals surface area contributed by atoms with Crippen molar-refractivity contribution in [2.75, 3.05) is 12.6 Å². The standard InChI is InChI=1S/C10H15FN2O3S/c1-8-5-9(10(14)13(2)6-8)3-4-12-17(15,16)7-11/h5-6,12H,3-4,7H2,1-2H3. The van der Waals surface area contributed by atoms with Crippen molar-refractivity contribution in [2.45, 2.75) is 13.3 Å². The Hall–Kier alpha value is -1.21. The van der Waals surface area contributed by atoms with Gasteiger partial charge in [0, 0.05) is 25.4 Å². The highest BCUT2D eigenvalue weighted by molar-refractivity contribution is 7.89. The molecule has 0 fully saturated rings. The molecule has 1 N–H and O–H groups in total. The van der Waals surface area contributed by atoms with E-state index in [1.54, 1.807) is 19.3 Å². The first-order valence-corrected chi connectivity index (χ1v) is 6.70. The lowest BCUT2D eigenvalue weighted by atomic mass is 10.1. The van der Waals surface area contributed by atoms with Gasteiger partial charge in [-0.05, 0) is 25.0 Å². The van der Waals surface area contributed by atoms with E-state index >= 15 is 0 Å². The second-order valence-corrected chi connectivity index (χ2v) is 5.56. The van der Waals surface area contributed by atoms with Gasteiger partial charge in [0.25, 0.3) is 5.56 Å². The van der Waals surface area contributed by atoms with Crippen LogP contribution in [0, 0.1) is 6.92 Å². The van der Waals surface area contributed by atoms with E-state index in [0.29, 0.717) is 5.56 Å². The van der Waals surface area contributed by atoms with Crippen LogP contribution in [0.15, 0.2) is 17.1 Å². The third kappa shape index (κ3) is 3.94. The summed E-state index contributed by atoms with van der Waals surface area (Å²) < 4.78 is 37.2. The molecule has 7 heteroatoms. The molecule has 0 saturated heterocycles. The predicted molar refractivity (Wildman–Crippen MR) is 63.0 cm³/mol. The predicted octanol–water partition coefficient (Wildman–Crippen LogP) is 0.0826. The summed E-state index contributed by atoms with van der Waals surface area (Å²) in [5, 5.41) is 0. The van der Waals surface area contributed by atoms with Gasteiger partial charge >= 0.3 is 0 Å². The lowest BCUT2D eigenvalue weighted by Gasteiger charge is -2.06. The Kier molecular flexibility index (Phi) is 4.41. The lowest BCUT2D eigenvalue weighted by Crippen LogP contribution is -2.29. The van der Waals surface area contributed by atoms with Crippen molar-refractivity contribution in [1.82, 2.24) is 9.29 Å². The summed E-state index contributed by atoms with van der Waals surface area (Å²) in [6.07, 6.45) is 1.94. The van der Waals surface area contributed by atoms with E-state index in [-0.39, 0.29) is 18.5 Å². The fraction of sp³-hybridized carbons (Fsp3) is 0.500. The maximum atomic E-state index is 12.0. The van der Waals surface area contributed by atoms with Gasteiger partial charge in [-0.15, -0.1) is 0 Å².